The van der Waals surface area contributed by atoms with Gasteiger partial charge in [-0.2, -0.15) is 8.78 Å². The lowest BCUT2D eigenvalue weighted by atomic mass is 10.1. The number of hydrogen-bond donors (Lipinski definition) is 0. The van der Waals surface area contributed by atoms with Crippen molar-refractivity contribution < 1.29 is 22.4 Å². The maximum atomic E-state index is 13.3. The maximum absolute atomic E-state index is 13.3. The van der Waals surface area contributed by atoms with Gasteiger partial charge in [0.25, 0.3) is 11.8 Å². The van der Waals surface area contributed by atoms with E-state index < -0.39 is 12.3 Å². The average Bonchev–Trinajstić information content (AvgIpc) is 3.21. The summed E-state index contributed by atoms with van der Waals surface area (Å²) in [7, 11) is 0. The van der Waals surface area contributed by atoms with E-state index in [4.69, 9.17) is 4.42 Å². The summed E-state index contributed by atoms with van der Waals surface area (Å²) in [6, 6.07) is 7.47. The highest BCUT2D eigenvalue weighted by atomic mass is 19.3. The van der Waals surface area contributed by atoms with Gasteiger partial charge in [-0.3, -0.25) is 9.78 Å². The van der Waals surface area contributed by atoms with Crippen molar-refractivity contribution in [3.63, 3.8) is 0 Å². The highest BCUT2D eigenvalue weighted by Crippen LogP contribution is 2.28. The number of fused-ring (bicyclic) bond motifs is 1. The van der Waals surface area contributed by atoms with Crippen LogP contribution in [0.1, 0.15) is 33.9 Å². The number of rotatable bonds is 4. The van der Waals surface area contributed by atoms with Crippen LogP contribution in [0, 0.1) is 5.82 Å². The molecule has 0 saturated heterocycles. The van der Waals surface area contributed by atoms with E-state index in [1.165, 1.54) is 29.3 Å². The number of pyridine rings is 1. The van der Waals surface area contributed by atoms with Crippen molar-refractivity contribution in [2.45, 2.75) is 19.5 Å². The fourth-order valence-corrected chi connectivity index (χ4v) is 2.77. The Morgan fingerprint density at radius 1 is 1.23 bits per heavy atom. The van der Waals surface area contributed by atoms with Crippen LogP contribution in [0.15, 0.2) is 40.9 Å². The first kappa shape index (κ1) is 16.2. The normalized spacial score (nSPS) is 13.5. The van der Waals surface area contributed by atoms with E-state index in [0.29, 0.717) is 16.8 Å². The van der Waals surface area contributed by atoms with Crippen LogP contribution < -0.4 is 0 Å². The lowest BCUT2D eigenvalue weighted by Gasteiger charge is -2.15. The minimum atomic E-state index is -2.87. The third-order valence-corrected chi connectivity index (χ3v) is 3.97. The summed E-state index contributed by atoms with van der Waals surface area (Å²) in [5.41, 5.74) is 1.81. The second-order valence-electron chi connectivity index (χ2n) is 5.76. The quantitative estimate of drug-likeness (QED) is 0.713. The molecular weight excluding hydrogens is 349 g/mol. The van der Waals surface area contributed by atoms with Gasteiger partial charge in [-0.15, -0.1) is 10.2 Å². The Balaban J connectivity index is 1.58. The number of nitrogens with zero attached hydrogens (tertiary/aromatic N) is 4. The average molecular weight is 360 g/mol. The Hall–Kier alpha value is -3.23. The number of halogens is 3. The van der Waals surface area contributed by atoms with E-state index in [0.717, 1.165) is 0 Å². The van der Waals surface area contributed by atoms with Crippen molar-refractivity contribution in [2.75, 3.05) is 0 Å². The summed E-state index contributed by atoms with van der Waals surface area (Å²) in [4.78, 5) is 18.3. The Labute approximate surface area is 145 Å². The van der Waals surface area contributed by atoms with Gasteiger partial charge in [-0.05, 0) is 23.8 Å². The molecule has 0 saturated carbocycles. The molecule has 4 rings (SSSR count). The molecule has 0 atom stereocenters. The molecule has 3 aromatic rings. The van der Waals surface area contributed by atoms with Crippen LogP contribution in [-0.4, -0.2) is 26.0 Å². The van der Waals surface area contributed by atoms with Crippen molar-refractivity contribution in [2.24, 2.45) is 0 Å². The van der Waals surface area contributed by atoms with Crippen LogP contribution in [0.25, 0.3) is 11.5 Å². The van der Waals surface area contributed by atoms with Gasteiger partial charge in [0.15, 0.2) is 0 Å². The van der Waals surface area contributed by atoms with Crippen molar-refractivity contribution in [1.29, 1.82) is 0 Å². The van der Waals surface area contributed by atoms with Crippen molar-refractivity contribution in [3.8, 4) is 11.5 Å². The van der Waals surface area contributed by atoms with Gasteiger partial charge in [0.1, 0.15) is 5.82 Å². The van der Waals surface area contributed by atoms with Crippen molar-refractivity contribution >= 4 is 5.91 Å². The molecule has 0 fully saturated rings. The minimum Gasteiger partial charge on any atom is -0.415 e. The molecule has 0 bridgehead atoms. The van der Waals surface area contributed by atoms with E-state index >= 15 is 0 Å². The van der Waals surface area contributed by atoms with E-state index in [9.17, 15) is 18.0 Å². The molecule has 26 heavy (non-hydrogen) atoms. The predicted octanol–water partition coefficient (Wildman–Crippen LogP) is 3.36. The number of carbonyl (C=O) groups excluding carboxylic acids is 1. The molecule has 2 aromatic heterocycles. The second kappa shape index (κ2) is 6.25. The first-order chi connectivity index (χ1) is 12.5. The van der Waals surface area contributed by atoms with Crippen LogP contribution in [0.5, 0.6) is 0 Å². The fraction of sp³-hybridized carbons (Fsp3) is 0.176. The number of aromatic nitrogens is 3. The van der Waals surface area contributed by atoms with E-state index in [1.807, 2.05) is 0 Å². The third kappa shape index (κ3) is 2.92. The fourth-order valence-electron chi connectivity index (χ4n) is 2.77. The molecule has 9 heteroatoms. The van der Waals surface area contributed by atoms with Gasteiger partial charge in [0, 0.05) is 12.7 Å². The van der Waals surface area contributed by atoms with Gasteiger partial charge in [0.2, 0.25) is 5.89 Å². The van der Waals surface area contributed by atoms with Crippen LogP contribution >= 0.6 is 0 Å². The highest BCUT2D eigenvalue weighted by molar-refractivity contribution is 5.98. The SMILES string of the molecule is O=C1c2cc(-c3nnc(C(F)F)o3)cnc2CN1Cc1cccc(F)c1. The summed E-state index contributed by atoms with van der Waals surface area (Å²) in [5.74, 6) is -1.59. The number of hydrogen-bond acceptors (Lipinski definition) is 5. The van der Waals surface area contributed by atoms with Crippen LogP contribution in [-0.2, 0) is 13.1 Å². The maximum Gasteiger partial charge on any atom is 0.314 e. The Kier molecular flexibility index (Phi) is 3.90. The molecule has 1 aliphatic heterocycles. The van der Waals surface area contributed by atoms with E-state index in [1.54, 1.807) is 12.1 Å². The Morgan fingerprint density at radius 2 is 2.08 bits per heavy atom. The standard InChI is InChI=1S/C17H11F3N4O2/c18-11-3-1-2-9(4-11)7-24-8-13-12(17(24)25)5-10(6-21-13)15-22-23-16(26-15)14(19)20/h1-6,14H,7-8H2. The molecule has 1 aromatic carbocycles. The minimum absolute atomic E-state index is 0.132. The Morgan fingerprint density at radius 3 is 2.81 bits per heavy atom. The molecule has 1 amide bonds. The molecule has 0 spiro atoms. The summed E-state index contributed by atoms with van der Waals surface area (Å²) in [5, 5.41) is 6.81. The first-order valence-corrected chi connectivity index (χ1v) is 7.66. The molecule has 132 valence electrons. The number of amides is 1. The third-order valence-electron chi connectivity index (χ3n) is 3.97. The topological polar surface area (TPSA) is 72.1 Å². The summed E-state index contributed by atoms with van der Waals surface area (Å²) >= 11 is 0. The molecule has 3 heterocycles. The molecule has 0 aliphatic carbocycles. The molecule has 0 radical (unpaired) electrons. The molecular formula is C17H11F3N4O2. The molecule has 1 aliphatic rings. The molecule has 0 N–H and O–H groups in total. The van der Waals surface area contributed by atoms with Crippen LogP contribution in [0.2, 0.25) is 0 Å². The first-order valence-electron chi connectivity index (χ1n) is 7.66. The smallest absolute Gasteiger partial charge is 0.314 e. The van der Waals surface area contributed by atoms with Gasteiger partial charge in [-0.25, -0.2) is 4.39 Å². The van der Waals surface area contributed by atoms with Crippen LogP contribution in [0.3, 0.4) is 0 Å². The summed E-state index contributed by atoms with van der Waals surface area (Å²) < 4.78 is 43.3. The van der Waals surface area contributed by atoms with Gasteiger partial charge < -0.3 is 9.32 Å². The lowest BCUT2D eigenvalue weighted by Crippen LogP contribution is -2.23. The monoisotopic (exact) mass is 360 g/mol. The van der Waals surface area contributed by atoms with Crippen molar-refractivity contribution in [1.82, 2.24) is 20.1 Å². The zero-order chi connectivity index (χ0) is 18.3. The highest BCUT2D eigenvalue weighted by Gasteiger charge is 2.30. The largest absolute Gasteiger partial charge is 0.415 e. The van der Waals surface area contributed by atoms with Gasteiger partial charge >= 0.3 is 6.43 Å². The van der Waals surface area contributed by atoms with Gasteiger partial charge in [-0.1, -0.05) is 12.1 Å². The van der Waals surface area contributed by atoms with E-state index in [-0.39, 0.29) is 36.3 Å². The molecule has 6 nitrogen and oxygen atoms in total. The van der Waals surface area contributed by atoms with Crippen LogP contribution in [0.4, 0.5) is 13.2 Å². The zero-order valence-corrected chi connectivity index (χ0v) is 13.2. The van der Waals surface area contributed by atoms with E-state index in [2.05, 4.69) is 15.2 Å². The number of alkyl halides is 2. The Bertz CT molecular complexity index is 990. The zero-order valence-electron chi connectivity index (χ0n) is 13.2. The lowest BCUT2D eigenvalue weighted by molar-refractivity contribution is 0.0766. The predicted molar refractivity (Wildman–Crippen MR) is 82.5 cm³/mol. The number of benzene rings is 1. The number of carbonyl (C=O) groups is 1. The van der Waals surface area contributed by atoms with Gasteiger partial charge in [0.05, 0.1) is 23.4 Å². The summed E-state index contributed by atoms with van der Waals surface area (Å²) in [6.07, 6.45) is -1.48. The molecule has 0 unspecified atom stereocenters. The second-order valence-corrected chi connectivity index (χ2v) is 5.76. The summed E-state index contributed by atoms with van der Waals surface area (Å²) in [6.45, 7) is 0.509. The van der Waals surface area contributed by atoms with Crippen molar-refractivity contribution in [3.05, 3.63) is 65.1 Å².